The highest BCUT2D eigenvalue weighted by atomic mass is 16.2. The summed E-state index contributed by atoms with van der Waals surface area (Å²) >= 11 is 0. The quantitative estimate of drug-likeness (QED) is 0.539. The Morgan fingerprint density at radius 2 is 1.65 bits per heavy atom. The van der Waals surface area contributed by atoms with Crippen molar-refractivity contribution < 1.29 is 4.79 Å². The number of hydrogen-bond acceptors (Lipinski definition) is 3. The minimum atomic E-state index is -0.213. The lowest BCUT2D eigenvalue weighted by atomic mass is 10.1. The molecule has 0 aliphatic carbocycles. The molecule has 1 amide bonds. The minimum absolute atomic E-state index is 0.0323. The second-order valence-corrected chi connectivity index (χ2v) is 8.14. The predicted molar refractivity (Wildman–Crippen MR) is 124 cm³/mol. The van der Waals surface area contributed by atoms with Gasteiger partial charge >= 0.3 is 0 Å². The van der Waals surface area contributed by atoms with Crippen LogP contribution in [0.25, 0.3) is 16.7 Å². The highest BCUT2D eigenvalue weighted by Gasteiger charge is 2.19. The van der Waals surface area contributed by atoms with Gasteiger partial charge in [0.1, 0.15) is 6.54 Å². The van der Waals surface area contributed by atoms with E-state index in [1.165, 1.54) is 0 Å². The van der Waals surface area contributed by atoms with Gasteiger partial charge in [0.15, 0.2) is 5.65 Å². The first-order valence-electron chi connectivity index (χ1n) is 10.3. The predicted octanol–water partition coefficient (Wildman–Crippen LogP) is 4.37. The van der Waals surface area contributed by atoms with Crippen molar-refractivity contribution in [3.8, 4) is 5.69 Å². The maximum absolute atomic E-state index is 13.2. The standard InChI is InChI=1S/C25H26N4O2/c1-15-11-18(4)23(19(5)12-15)27-22(30)14-28-24-21(7-6-10-26-24)25(31)29(28)20-9-8-16(2)17(3)13-20/h6-13H,14H2,1-5H3,(H,27,30). The van der Waals surface area contributed by atoms with Crippen molar-refractivity contribution in [2.24, 2.45) is 0 Å². The molecule has 4 aromatic rings. The Labute approximate surface area is 181 Å². The molecule has 4 rings (SSSR count). The summed E-state index contributed by atoms with van der Waals surface area (Å²) in [4.78, 5) is 30.7. The van der Waals surface area contributed by atoms with E-state index < -0.39 is 0 Å². The lowest BCUT2D eigenvalue weighted by molar-refractivity contribution is -0.117. The monoisotopic (exact) mass is 414 g/mol. The van der Waals surface area contributed by atoms with E-state index in [9.17, 15) is 9.59 Å². The summed E-state index contributed by atoms with van der Waals surface area (Å²) in [5.41, 5.74) is 7.19. The summed E-state index contributed by atoms with van der Waals surface area (Å²) in [5.74, 6) is -0.213. The summed E-state index contributed by atoms with van der Waals surface area (Å²) in [7, 11) is 0. The number of anilines is 1. The van der Waals surface area contributed by atoms with Crippen LogP contribution in [0.15, 0.2) is 53.5 Å². The van der Waals surface area contributed by atoms with Crippen LogP contribution >= 0.6 is 0 Å². The molecule has 0 unspecified atom stereocenters. The first-order valence-corrected chi connectivity index (χ1v) is 10.3. The molecular formula is C25H26N4O2. The SMILES string of the molecule is Cc1cc(C)c(NC(=O)Cn2c3ncccc3c(=O)n2-c2ccc(C)c(C)c2)c(C)c1. The largest absolute Gasteiger partial charge is 0.324 e. The number of hydrogen-bond donors (Lipinski definition) is 1. The van der Waals surface area contributed by atoms with Crippen molar-refractivity contribution in [1.82, 2.24) is 14.3 Å². The normalized spacial score (nSPS) is 11.1. The number of carbonyl (C=O) groups excluding carboxylic acids is 1. The molecule has 31 heavy (non-hydrogen) atoms. The first kappa shape index (κ1) is 20.6. The summed E-state index contributed by atoms with van der Waals surface area (Å²) in [6.45, 7) is 9.99. The van der Waals surface area contributed by atoms with Crippen molar-refractivity contribution in [2.45, 2.75) is 41.2 Å². The zero-order chi connectivity index (χ0) is 22.3. The average Bonchev–Trinajstić information content (AvgIpc) is 2.99. The molecule has 0 atom stereocenters. The van der Waals surface area contributed by atoms with Crippen LogP contribution in [0.1, 0.15) is 27.8 Å². The van der Waals surface area contributed by atoms with Crippen LogP contribution in [-0.4, -0.2) is 20.3 Å². The van der Waals surface area contributed by atoms with Gasteiger partial charge in [0.05, 0.1) is 11.1 Å². The molecule has 6 nitrogen and oxygen atoms in total. The van der Waals surface area contributed by atoms with Gasteiger partial charge in [-0.15, -0.1) is 0 Å². The van der Waals surface area contributed by atoms with Crippen molar-refractivity contribution in [1.29, 1.82) is 0 Å². The smallest absolute Gasteiger partial charge is 0.280 e. The lowest BCUT2D eigenvalue weighted by Gasteiger charge is -2.16. The van der Waals surface area contributed by atoms with Crippen LogP contribution in [0, 0.1) is 34.6 Å². The van der Waals surface area contributed by atoms with Crippen molar-refractivity contribution >= 4 is 22.6 Å². The van der Waals surface area contributed by atoms with Gasteiger partial charge in [0, 0.05) is 11.9 Å². The Hall–Kier alpha value is -3.67. The molecule has 1 N–H and O–H groups in total. The van der Waals surface area contributed by atoms with Gasteiger partial charge in [-0.05, 0) is 81.1 Å². The van der Waals surface area contributed by atoms with Crippen LogP contribution in [0.5, 0.6) is 0 Å². The van der Waals surface area contributed by atoms with Crippen LogP contribution < -0.4 is 10.9 Å². The fourth-order valence-corrected chi connectivity index (χ4v) is 4.04. The fourth-order valence-electron chi connectivity index (χ4n) is 4.04. The van der Waals surface area contributed by atoms with E-state index in [0.29, 0.717) is 16.7 Å². The number of carbonyl (C=O) groups is 1. The van der Waals surface area contributed by atoms with Gasteiger partial charge in [-0.2, -0.15) is 0 Å². The van der Waals surface area contributed by atoms with Gasteiger partial charge in [-0.3, -0.25) is 14.3 Å². The van der Waals surface area contributed by atoms with E-state index >= 15 is 0 Å². The number of aryl methyl sites for hydroxylation is 5. The number of rotatable bonds is 4. The molecule has 0 aliphatic heterocycles. The highest BCUT2D eigenvalue weighted by Crippen LogP contribution is 2.22. The molecule has 0 spiro atoms. The average molecular weight is 415 g/mol. The molecule has 0 aliphatic rings. The van der Waals surface area contributed by atoms with Crippen molar-refractivity contribution in [3.05, 3.63) is 86.8 Å². The van der Waals surface area contributed by atoms with E-state index in [0.717, 1.165) is 33.5 Å². The molecule has 0 radical (unpaired) electrons. The summed E-state index contributed by atoms with van der Waals surface area (Å²) in [5, 5.41) is 3.51. The number of benzene rings is 2. The number of nitrogens with one attached hydrogen (secondary N) is 1. The van der Waals surface area contributed by atoms with E-state index in [4.69, 9.17) is 0 Å². The Bertz CT molecular complexity index is 1360. The molecule has 6 heteroatoms. The summed E-state index contributed by atoms with van der Waals surface area (Å²) in [6.07, 6.45) is 1.63. The second-order valence-electron chi connectivity index (χ2n) is 8.14. The molecule has 2 heterocycles. The third kappa shape index (κ3) is 3.77. The van der Waals surface area contributed by atoms with Crippen LogP contribution in [-0.2, 0) is 11.3 Å². The van der Waals surface area contributed by atoms with Crippen molar-refractivity contribution in [2.75, 3.05) is 5.32 Å². The van der Waals surface area contributed by atoms with Crippen LogP contribution in [0.3, 0.4) is 0 Å². The van der Waals surface area contributed by atoms with Gasteiger partial charge in [-0.1, -0.05) is 23.8 Å². The summed E-state index contributed by atoms with van der Waals surface area (Å²) < 4.78 is 3.19. The highest BCUT2D eigenvalue weighted by molar-refractivity contribution is 5.93. The molecule has 158 valence electrons. The van der Waals surface area contributed by atoms with Crippen LogP contribution in [0.2, 0.25) is 0 Å². The lowest BCUT2D eigenvalue weighted by Crippen LogP contribution is -2.27. The molecule has 0 saturated carbocycles. The molecule has 0 fully saturated rings. The second kappa shape index (κ2) is 7.87. The molecule has 0 saturated heterocycles. The van der Waals surface area contributed by atoms with Gasteiger partial charge in [-0.25, -0.2) is 9.67 Å². The number of fused-ring (bicyclic) bond motifs is 1. The van der Waals surface area contributed by atoms with E-state index in [1.807, 2.05) is 65.0 Å². The number of amides is 1. The number of aromatic nitrogens is 3. The zero-order valence-corrected chi connectivity index (χ0v) is 18.5. The van der Waals surface area contributed by atoms with E-state index in [-0.39, 0.29) is 18.0 Å². The van der Waals surface area contributed by atoms with Gasteiger partial charge in [0.25, 0.3) is 5.56 Å². The first-order chi connectivity index (χ1) is 14.8. The number of nitrogens with zero attached hydrogens (tertiary/aromatic N) is 3. The number of pyridine rings is 1. The van der Waals surface area contributed by atoms with Crippen molar-refractivity contribution in [3.63, 3.8) is 0 Å². The minimum Gasteiger partial charge on any atom is -0.324 e. The van der Waals surface area contributed by atoms with E-state index in [1.54, 1.807) is 27.7 Å². The molecule has 2 aromatic heterocycles. The topological polar surface area (TPSA) is 68.9 Å². The Morgan fingerprint density at radius 3 is 2.32 bits per heavy atom. The third-order valence-corrected chi connectivity index (χ3v) is 5.67. The maximum atomic E-state index is 13.2. The third-order valence-electron chi connectivity index (χ3n) is 5.67. The Balaban J connectivity index is 1.79. The Morgan fingerprint density at radius 1 is 0.935 bits per heavy atom. The van der Waals surface area contributed by atoms with E-state index in [2.05, 4.69) is 10.3 Å². The van der Waals surface area contributed by atoms with Gasteiger partial charge in [0.2, 0.25) is 5.91 Å². The molecule has 0 bridgehead atoms. The molecule has 2 aromatic carbocycles. The summed E-state index contributed by atoms with van der Waals surface area (Å²) in [6, 6.07) is 13.4. The van der Waals surface area contributed by atoms with Gasteiger partial charge < -0.3 is 5.32 Å². The molecular weight excluding hydrogens is 388 g/mol. The van der Waals surface area contributed by atoms with Crippen LogP contribution in [0.4, 0.5) is 5.69 Å². The maximum Gasteiger partial charge on any atom is 0.280 e. The Kier molecular flexibility index (Phi) is 5.23. The fraction of sp³-hybridized carbons (Fsp3) is 0.240. The zero-order valence-electron chi connectivity index (χ0n) is 18.5.